The molecule has 0 unspecified atom stereocenters. The molecule has 1 heterocycles. The first-order chi connectivity index (χ1) is 9.63. The summed E-state index contributed by atoms with van der Waals surface area (Å²) in [5.74, 6) is -0.810. The Morgan fingerprint density at radius 2 is 1.95 bits per heavy atom. The first-order valence-corrected chi connectivity index (χ1v) is 7.18. The number of aliphatic hydroxyl groups excluding tert-OH is 2. The van der Waals surface area contributed by atoms with Crippen molar-refractivity contribution in [3.05, 3.63) is 46.7 Å². The van der Waals surface area contributed by atoms with Crippen LogP contribution in [0.25, 0.3) is 11.1 Å². The molecule has 0 bridgehead atoms. The van der Waals surface area contributed by atoms with E-state index in [1.54, 1.807) is 13.0 Å². The van der Waals surface area contributed by atoms with Gasteiger partial charge in [-0.25, -0.2) is 4.79 Å². The summed E-state index contributed by atoms with van der Waals surface area (Å²) in [6.07, 6.45) is -2.83. The second kappa shape index (κ2) is 6.65. The number of carbonyl (C=O) groups is 1. The molecule has 106 valence electrons. The smallest absolute Gasteiger partial charge is 0.338 e. The highest BCUT2D eigenvalue weighted by Gasteiger charge is 2.28. The molecule has 2 rings (SSSR count). The molecule has 0 amide bonds. The maximum Gasteiger partial charge on any atom is 0.338 e. The molecule has 0 fully saturated rings. The Hall–Kier alpha value is -1.69. The standard InChI is InChI=1S/C15H16O4S/c1-2-19-15(18)14(17)13(16)12-8-11(9-20-12)10-6-4-3-5-7-10/h3-9,13-14,16-17H,2H2,1H3/t13-,14+/m0/s1. The summed E-state index contributed by atoms with van der Waals surface area (Å²) in [5.41, 5.74) is 1.97. The molecule has 0 saturated heterocycles. The Morgan fingerprint density at radius 3 is 2.60 bits per heavy atom. The molecular formula is C15H16O4S. The molecule has 4 nitrogen and oxygen atoms in total. The fourth-order valence-electron chi connectivity index (χ4n) is 1.80. The minimum absolute atomic E-state index is 0.169. The molecule has 0 radical (unpaired) electrons. The van der Waals surface area contributed by atoms with E-state index in [-0.39, 0.29) is 6.61 Å². The van der Waals surface area contributed by atoms with Crippen molar-refractivity contribution in [2.24, 2.45) is 0 Å². The van der Waals surface area contributed by atoms with Crippen molar-refractivity contribution < 1.29 is 19.7 Å². The average Bonchev–Trinajstić information content (AvgIpc) is 2.96. The molecule has 20 heavy (non-hydrogen) atoms. The number of rotatable bonds is 5. The first kappa shape index (κ1) is 14.7. The second-order valence-corrected chi connectivity index (χ2v) is 5.19. The van der Waals surface area contributed by atoms with Crippen LogP contribution in [-0.4, -0.2) is 28.9 Å². The summed E-state index contributed by atoms with van der Waals surface area (Å²) in [5, 5.41) is 21.6. The molecule has 2 N–H and O–H groups in total. The number of carbonyl (C=O) groups excluding carboxylic acids is 1. The van der Waals surface area contributed by atoms with E-state index in [0.717, 1.165) is 11.1 Å². The summed E-state index contributed by atoms with van der Waals surface area (Å²) in [6.45, 7) is 1.82. The van der Waals surface area contributed by atoms with Gasteiger partial charge in [0.2, 0.25) is 0 Å². The Kier molecular flexibility index (Phi) is 4.89. The molecule has 0 aliphatic heterocycles. The number of thiophene rings is 1. The van der Waals surface area contributed by atoms with E-state index >= 15 is 0 Å². The third-order valence-corrected chi connectivity index (χ3v) is 3.85. The molecule has 0 aliphatic rings. The van der Waals surface area contributed by atoms with Crippen LogP contribution in [0.15, 0.2) is 41.8 Å². The predicted molar refractivity (Wildman–Crippen MR) is 77.4 cm³/mol. The molecular weight excluding hydrogens is 276 g/mol. The largest absolute Gasteiger partial charge is 0.464 e. The van der Waals surface area contributed by atoms with E-state index in [1.807, 2.05) is 35.7 Å². The summed E-state index contributed by atoms with van der Waals surface area (Å²) < 4.78 is 4.69. The quantitative estimate of drug-likeness (QED) is 0.830. The third-order valence-electron chi connectivity index (χ3n) is 2.85. The number of esters is 1. The highest BCUT2D eigenvalue weighted by atomic mass is 32.1. The number of aliphatic hydroxyl groups is 2. The molecule has 1 aromatic heterocycles. The fourth-order valence-corrected chi connectivity index (χ4v) is 2.73. The summed E-state index contributed by atoms with van der Waals surface area (Å²) in [4.78, 5) is 11.9. The van der Waals surface area contributed by atoms with Crippen molar-refractivity contribution in [3.8, 4) is 11.1 Å². The van der Waals surface area contributed by atoms with Crippen LogP contribution >= 0.6 is 11.3 Å². The van der Waals surface area contributed by atoms with Gasteiger partial charge in [-0.3, -0.25) is 0 Å². The zero-order valence-corrected chi connectivity index (χ0v) is 11.8. The van der Waals surface area contributed by atoms with Crippen LogP contribution in [0.1, 0.15) is 17.9 Å². The van der Waals surface area contributed by atoms with Crippen LogP contribution in [0, 0.1) is 0 Å². The van der Waals surface area contributed by atoms with Crippen molar-refractivity contribution in [2.45, 2.75) is 19.1 Å². The van der Waals surface area contributed by atoms with Crippen LogP contribution in [0.2, 0.25) is 0 Å². The molecule has 0 spiro atoms. The van der Waals surface area contributed by atoms with Gasteiger partial charge in [-0.2, -0.15) is 0 Å². The zero-order valence-electron chi connectivity index (χ0n) is 11.0. The lowest BCUT2D eigenvalue weighted by Gasteiger charge is -2.14. The van der Waals surface area contributed by atoms with E-state index in [1.165, 1.54) is 11.3 Å². The van der Waals surface area contributed by atoms with Gasteiger partial charge in [0.15, 0.2) is 6.10 Å². The van der Waals surface area contributed by atoms with Gasteiger partial charge in [-0.05, 0) is 29.5 Å². The topological polar surface area (TPSA) is 66.8 Å². The molecule has 5 heteroatoms. The van der Waals surface area contributed by atoms with E-state index < -0.39 is 18.2 Å². The highest BCUT2D eigenvalue weighted by Crippen LogP contribution is 2.30. The highest BCUT2D eigenvalue weighted by molar-refractivity contribution is 7.10. The van der Waals surface area contributed by atoms with Gasteiger partial charge < -0.3 is 14.9 Å². The Morgan fingerprint density at radius 1 is 1.25 bits per heavy atom. The summed E-state index contributed by atoms with van der Waals surface area (Å²) >= 11 is 1.30. The molecule has 0 saturated carbocycles. The van der Waals surface area contributed by atoms with Crippen molar-refractivity contribution >= 4 is 17.3 Å². The minimum Gasteiger partial charge on any atom is -0.464 e. The molecule has 2 aromatic rings. The van der Waals surface area contributed by atoms with Gasteiger partial charge in [-0.15, -0.1) is 11.3 Å². The van der Waals surface area contributed by atoms with Crippen LogP contribution in [0.5, 0.6) is 0 Å². The zero-order chi connectivity index (χ0) is 14.5. The maximum absolute atomic E-state index is 11.4. The Labute approximate surface area is 121 Å². The number of ether oxygens (including phenoxy) is 1. The van der Waals surface area contributed by atoms with Gasteiger partial charge in [-0.1, -0.05) is 30.3 Å². The second-order valence-electron chi connectivity index (χ2n) is 4.25. The summed E-state index contributed by atoms with van der Waals surface area (Å²) in [7, 11) is 0. The Balaban J connectivity index is 2.14. The van der Waals surface area contributed by atoms with Crippen molar-refractivity contribution in [1.29, 1.82) is 0 Å². The lowest BCUT2D eigenvalue weighted by Crippen LogP contribution is -2.29. The van der Waals surface area contributed by atoms with Crippen LogP contribution in [0.4, 0.5) is 0 Å². The molecule has 0 aliphatic carbocycles. The van der Waals surface area contributed by atoms with E-state index in [9.17, 15) is 15.0 Å². The summed E-state index contributed by atoms with van der Waals surface area (Å²) in [6, 6.07) is 11.5. The normalized spacial score (nSPS) is 13.8. The van der Waals surface area contributed by atoms with Gasteiger partial charge in [0.1, 0.15) is 6.10 Å². The van der Waals surface area contributed by atoms with Gasteiger partial charge in [0, 0.05) is 4.88 Å². The van der Waals surface area contributed by atoms with Crippen molar-refractivity contribution in [2.75, 3.05) is 6.61 Å². The van der Waals surface area contributed by atoms with Gasteiger partial charge in [0.25, 0.3) is 0 Å². The van der Waals surface area contributed by atoms with Crippen LogP contribution in [0.3, 0.4) is 0 Å². The third kappa shape index (κ3) is 3.25. The van der Waals surface area contributed by atoms with Crippen molar-refractivity contribution in [1.82, 2.24) is 0 Å². The Bertz CT molecular complexity index is 564. The van der Waals surface area contributed by atoms with Crippen LogP contribution < -0.4 is 0 Å². The monoisotopic (exact) mass is 292 g/mol. The minimum atomic E-state index is -1.56. The SMILES string of the molecule is CCOC(=O)[C@H](O)[C@@H](O)c1cc(-c2ccccc2)cs1. The average molecular weight is 292 g/mol. The van der Waals surface area contributed by atoms with Crippen LogP contribution in [-0.2, 0) is 9.53 Å². The number of benzene rings is 1. The van der Waals surface area contributed by atoms with E-state index in [0.29, 0.717) is 4.88 Å². The van der Waals surface area contributed by atoms with E-state index in [4.69, 9.17) is 4.74 Å². The fraction of sp³-hybridized carbons (Fsp3) is 0.267. The van der Waals surface area contributed by atoms with E-state index in [2.05, 4.69) is 0 Å². The first-order valence-electron chi connectivity index (χ1n) is 6.30. The van der Waals surface area contributed by atoms with Crippen molar-refractivity contribution in [3.63, 3.8) is 0 Å². The number of hydrogen-bond donors (Lipinski definition) is 2. The van der Waals surface area contributed by atoms with Gasteiger partial charge in [0.05, 0.1) is 6.61 Å². The lowest BCUT2D eigenvalue weighted by atomic mass is 10.1. The molecule has 2 atom stereocenters. The maximum atomic E-state index is 11.4. The molecule has 1 aromatic carbocycles. The predicted octanol–water partition coefficient (Wildman–Crippen LogP) is 2.37. The van der Waals surface area contributed by atoms with Gasteiger partial charge >= 0.3 is 5.97 Å². The lowest BCUT2D eigenvalue weighted by molar-refractivity contribution is -0.159. The number of hydrogen-bond acceptors (Lipinski definition) is 5.